The van der Waals surface area contributed by atoms with Gasteiger partial charge in [-0.2, -0.15) is 0 Å². The van der Waals surface area contributed by atoms with E-state index >= 15 is 0 Å². The molecular formula is C17H37N. The Hall–Kier alpha value is -0.0400. The van der Waals surface area contributed by atoms with E-state index in [1.165, 1.54) is 57.9 Å². The van der Waals surface area contributed by atoms with E-state index in [9.17, 15) is 0 Å². The van der Waals surface area contributed by atoms with Crippen LogP contribution in [-0.2, 0) is 0 Å². The van der Waals surface area contributed by atoms with Crippen molar-refractivity contribution in [3.05, 3.63) is 0 Å². The smallest absolute Gasteiger partial charge is 0.00901 e. The van der Waals surface area contributed by atoms with Crippen molar-refractivity contribution >= 4 is 0 Å². The number of nitrogens with one attached hydrogen (secondary N) is 1. The summed E-state index contributed by atoms with van der Waals surface area (Å²) >= 11 is 0. The lowest BCUT2D eigenvalue weighted by Crippen LogP contribution is -2.36. The maximum atomic E-state index is 3.80. The highest BCUT2D eigenvalue weighted by molar-refractivity contribution is 4.72. The second-order valence-corrected chi connectivity index (χ2v) is 6.36. The largest absolute Gasteiger partial charge is 0.313 e. The summed E-state index contributed by atoms with van der Waals surface area (Å²) in [6.07, 6.45) is 11.0. The fourth-order valence-corrected chi connectivity index (χ4v) is 2.48. The van der Waals surface area contributed by atoms with E-state index < -0.39 is 0 Å². The van der Waals surface area contributed by atoms with Crippen molar-refractivity contribution in [1.29, 1.82) is 0 Å². The van der Waals surface area contributed by atoms with Gasteiger partial charge in [0.25, 0.3) is 0 Å². The van der Waals surface area contributed by atoms with Crippen molar-refractivity contribution < 1.29 is 0 Å². The molecule has 0 radical (unpaired) electrons. The third-order valence-corrected chi connectivity index (χ3v) is 3.95. The van der Waals surface area contributed by atoms with E-state index in [0.29, 0.717) is 0 Å². The molecule has 0 aliphatic carbocycles. The third-order valence-electron chi connectivity index (χ3n) is 3.95. The standard InChI is InChI=1S/C17H37N/c1-6-8-10-12-16(5)14-18-17(15(3)4)13-11-9-7-2/h15-18H,6-14H2,1-5H3. The van der Waals surface area contributed by atoms with Gasteiger partial charge in [-0.3, -0.25) is 0 Å². The van der Waals surface area contributed by atoms with Crippen LogP contribution in [0.4, 0.5) is 0 Å². The summed E-state index contributed by atoms with van der Waals surface area (Å²) in [6, 6.07) is 0.727. The quantitative estimate of drug-likeness (QED) is 0.461. The Morgan fingerprint density at radius 1 is 0.778 bits per heavy atom. The summed E-state index contributed by atoms with van der Waals surface area (Å²) in [4.78, 5) is 0. The van der Waals surface area contributed by atoms with E-state index in [4.69, 9.17) is 0 Å². The highest BCUT2D eigenvalue weighted by atomic mass is 14.9. The summed E-state index contributed by atoms with van der Waals surface area (Å²) in [7, 11) is 0. The first-order chi connectivity index (χ1) is 8.61. The minimum Gasteiger partial charge on any atom is -0.313 e. The molecule has 0 bridgehead atoms. The van der Waals surface area contributed by atoms with Crippen molar-refractivity contribution in [1.82, 2.24) is 5.32 Å². The number of hydrogen-bond donors (Lipinski definition) is 1. The Morgan fingerprint density at radius 3 is 1.83 bits per heavy atom. The van der Waals surface area contributed by atoms with Gasteiger partial charge < -0.3 is 5.32 Å². The van der Waals surface area contributed by atoms with Gasteiger partial charge in [0.05, 0.1) is 0 Å². The Morgan fingerprint density at radius 2 is 1.33 bits per heavy atom. The molecule has 0 aromatic heterocycles. The van der Waals surface area contributed by atoms with Gasteiger partial charge in [0, 0.05) is 6.04 Å². The van der Waals surface area contributed by atoms with Crippen LogP contribution in [0, 0.1) is 11.8 Å². The van der Waals surface area contributed by atoms with Gasteiger partial charge in [0.2, 0.25) is 0 Å². The monoisotopic (exact) mass is 255 g/mol. The zero-order chi connectivity index (χ0) is 13.8. The van der Waals surface area contributed by atoms with Crippen LogP contribution in [0.25, 0.3) is 0 Å². The maximum absolute atomic E-state index is 3.80. The van der Waals surface area contributed by atoms with Crippen molar-refractivity contribution in [2.45, 2.75) is 92.0 Å². The van der Waals surface area contributed by atoms with Gasteiger partial charge in [-0.1, -0.05) is 73.1 Å². The molecule has 2 unspecified atom stereocenters. The minimum absolute atomic E-state index is 0.727. The Labute approximate surface area is 116 Å². The highest BCUT2D eigenvalue weighted by Crippen LogP contribution is 2.13. The molecule has 0 aliphatic rings. The van der Waals surface area contributed by atoms with Gasteiger partial charge in [-0.05, 0) is 31.2 Å². The molecule has 0 saturated heterocycles. The Bertz CT molecular complexity index is 165. The van der Waals surface area contributed by atoms with Crippen LogP contribution in [0.3, 0.4) is 0 Å². The first kappa shape index (κ1) is 18.0. The fraction of sp³-hybridized carbons (Fsp3) is 1.00. The molecular weight excluding hydrogens is 218 g/mol. The first-order valence-corrected chi connectivity index (χ1v) is 8.35. The lowest BCUT2D eigenvalue weighted by molar-refractivity contribution is 0.335. The van der Waals surface area contributed by atoms with Gasteiger partial charge in [-0.25, -0.2) is 0 Å². The Balaban J connectivity index is 3.73. The molecule has 2 atom stereocenters. The highest BCUT2D eigenvalue weighted by Gasteiger charge is 2.13. The Kier molecular flexibility index (Phi) is 12.0. The van der Waals surface area contributed by atoms with Crippen LogP contribution in [0.5, 0.6) is 0 Å². The molecule has 0 rings (SSSR count). The zero-order valence-corrected chi connectivity index (χ0v) is 13.6. The van der Waals surface area contributed by atoms with E-state index in [0.717, 1.165) is 17.9 Å². The predicted octanol–water partition coefficient (Wildman–Crippen LogP) is 5.40. The molecule has 0 aromatic carbocycles. The average Bonchev–Trinajstić information content (AvgIpc) is 2.33. The first-order valence-electron chi connectivity index (χ1n) is 8.35. The van der Waals surface area contributed by atoms with Crippen molar-refractivity contribution in [3.8, 4) is 0 Å². The molecule has 0 spiro atoms. The molecule has 1 nitrogen and oxygen atoms in total. The van der Waals surface area contributed by atoms with Crippen molar-refractivity contribution in [3.63, 3.8) is 0 Å². The number of rotatable bonds is 12. The normalized spacial score (nSPS) is 15.0. The lowest BCUT2D eigenvalue weighted by atomic mass is 9.96. The second-order valence-electron chi connectivity index (χ2n) is 6.36. The lowest BCUT2D eigenvalue weighted by Gasteiger charge is -2.24. The van der Waals surface area contributed by atoms with E-state index in [1.807, 2.05) is 0 Å². The van der Waals surface area contributed by atoms with Crippen LogP contribution >= 0.6 is 0 Å². The van der Waals surface area contributed by atoms with Crippen molar-refractivity contribution in [2.24, 2.45) is 11.8 Å². The van der Waals surface area contributed by atoms with Crippen LogP contribution in [0.15, 0.2) is 0 Å². The molecule has 0 heterocycles. The van der Waals surface area contributed by atoms with Gasteiger partial charge in [-0.15, -0.1) is 0 Å². The number of unbranched alkanes of at least 4 members (excludes halogenated alkanes) is 4. The van der Waals surface area contributed by atoms with Crippen molar-refractivity contribution in [2.75, 3.05) is 6.54 Å². The SMILES string of the molecule is CCCCCC(C)CNC(CCCCC)C(C)C. The molecule has 110 valence electrons. The molecule has 0 saturated carbocycles. The summed E-state index contributed by atoms with van der Waals surface area (Å²) in [5.74, 6) is 1.61. The van der Waals surface area contributed by atoms with Crippen LogP contribution in [0.2, 0.25) is 0 Å². The molecule has 0 amide bonds. The predicted molar refractivity (Wildman–Crippen MR) is 84.1 cm³/mol. The van der Waals surface area contributed by atoms with Gasteiger partial charge in [0.15, 0.2) is 0 Å². The van der Waals surface area contributed by atoms with Gasteiger partial charge >= 0.3 is 0 Å². The van der Waals surface area contributed by atoms with E-state index in [-0.39, 0.29) is 0 Å². The summed E-state index contributed by atoms with van der Waals surface area (Å²) in [5.41, 5.74) is 0. The summed E-state index contributed by atoms with van der Waals surface area (Å²) < 4.78 is 0. The third kappa shape index (κ3) is 9.94. The van der Waals surface area contributed by atoms with E-state index in [2.05, 4.69) is 39.9 Å². The molecule has 0 aromatic rings. The molecule has 0 aliphatic heterocycles. The topological polar surface area (TPSA) is 12.0 Å². The van der Waals surface area contributed by atoms with Crippen LogP contribution in [-0.4, -0.2) is 12.6 Å². The second kappa shape index (κ2) is 12.0. The number of hydrogen-bond acceptors (Lipinski definition) is 1. The maximum Gasteiger partial charge on any atom is 0.00901 e. The van der Waals surface area contributed by atoms with E-state index in [1.54, 1.807) is 0 Å². The molecule has 0 fully saturated rings. The summed E-state index contributed by atoms with van der Waals surface area (Å²) in [5, 5.41) is 3.80. The molecule has 1 N–H and O–H groups in total. The van der Waals surface area contributed by atoms with Crippen LogP contribution in [0.1, 0.15) is 86.0 Å². The minimum atomic E-state index is 0.727. The molecule has 1 heteroatoms. The van der Waals surface area contributed by atoms with Gasteiger partial charge in [0.1, 0.15) is 0 Å². The molecule has 18 heavy (non-hydrogen) atoms. The fourth-order valence-electron chi connectivity index (χ4n) is 2.48. The zero-order valence-electron chi connectivity index (χ0n) is 13.6. The summed E-state index contributed by atoms with van der Waals surface area (Å²) in [6.45, 7) is 12.9. The van der Waals surface area contributed by atoms with Crippen LogP contribution < -0.4 is 5.32 Å². The average molecular weight is 255 g/mol.